The zero-order valence-electron chi connectivity index (χ0n) is 46.0. The molecule has 0 aliphatic rings. The smallest absolute Gasteiger partial charge is 0.387 e. The third kappa shape index (κ3) is 53.8. The van der Waals surface area contributed by atoms with E-state index >= 15 is 0 Å². The summed E-state index contributed by atoms with van der Waals surface area (Å²) in [5.74, 6) is -0.199. The van der Waals surface area contributed by atoms with E-state index in [1.54, 1.807) is 6.08 Å². The monoisotopic (exact) mass is 990 g/mol. The highest BCUT2D eigenvalue weighted by Gasteiger charge is 2.27. The molecule has 0 saturated heterocycles. The quantitative estimate of drug-likeness (QED) is 0.0243. The van der Waals surface area contributed by atoms with Gasteiger partial charge in [0, 0.05) is 6.42 Å². The lowest BCUT2D eigenvalue weighted by atomic mass is 10.0. The first kappa shape index (κ1) is 67.2. The number of quaternary nitrogens is 1. The Bertz CT molecular complexity index is 1310. The van der Waals surface area contributed by atoms with Gasteiger partial charge in [0.05, 0.1) is 39.9 Å². The summed E-state index contributed by atoms with van der Waals surface area (Å²) in [4.78, 5) is 23.3. The summed E-state index contributed by atoms with van der Waals surface area (Å²) in [6.45, 7) is 4.78. The fraction of sp³-hybridized carbons (Fsp3) is 0.817. The highest BCUT2D eigenvalue weighted by molar-refractivity contribution is 7.47. The van der Waals surface area contributed by atoms with Gasteiger partial charge in [0.15, 0.2) is 0 Å². The van der Waals surface area contributed by atoms with Crippen LogP contribution in [0.25, 0.3) is 0 Å². The van der Waals surface area contributed by atoms with Crippen LogP contribution >= 0.6 is 7.82 Å². The first-order chi connectivity index (χ1) is 33.5. The van der Waals surface area contributed by atoms with E-state index in [4.69, 9.17) is 9.05 Å². The van der Waals surface area contributed by atoms with Gasteiger partial charge in [-0.15, -0.1) is 0 Å². The number of nitrogens with one attached hydrogen (secondary N) is 1. The van der Waals surface area contributed by atoms with Crippen molar-refractivity contribution in [3.63, 3.8) is 0 Å². The molecule has 1 amide bonds. The van der Waals surface area contributed by atoms with E-state index in [2.05, 4.69) is 67.8 Å². The van der Waals surface area contributed by atoms with Crippen molar-refractivity contribution >= 4 is 13.7 Å². The number of allylic oxidation sites excluding steroid dienone is 9. The third-order valence-corrected chi connectivity index (χ3v) is 13.9. The fourth-order valence-corrected chi connectivity index (χ4v) is 9.10. The largest absolute Gasteiger partial charge is 0.472 e. The van der Waals surface area contributed by atoms with Crippen molar-refractivity contribution < 1.29 is 32.9 Å². The number of hydrogen-bond donors (Lipinski definition) is 3. The second-order valence-electron chi connectivity index (χ2n) is 21.0. The van der Waals surface area contributed by atoms with Crippen molar-refractivity contribution in [3.8, 4) is 0 Å². The maximum atomic E-state index is 13.0. The van der Waals surface area contributed by atoms with Crippen molar-refractivity contribution in [1.29, 1.82) is 0 Å². The second-order valence-corrected chi connectivity index (χ2v) is 22.5. The molecule has 0 aromatic carbocycles. The minimum absolute atomic E-state index is 0.0514. The summed E-state index contributed by atoms with van der Waals surface area (Å²) in [5, 5.41) is 13.9. The van der Waals surface area contributed by atoms with Crippen LogP contribution < -0.4 is 5.32 Å². The summed E-state index contributed by atoms with van der Waals surface area (Å²) in [7, 11) is 1.54. The Morgan fingerprint density at radius 2 is 0.841 bits per heavy atom. The molecule has 0 spiro atoms. The van der Waals surface area contributed by atoms with Crippen LogP contribution in [0.5, 0.6) is 0 Å². The fourth-order valence-electron chi connectivity index (χ4n) is 8.36. The van der Waals surface area contributed by atoms with Crippen LogP contribution in [0, 0.1) is 0 Å². The Morgan fingerprint density at radius 1 is 0.493 bits per heavy atom. The van der Waals surface area contributed by atoms with Gasteiger partial charge in [0.25, 0.3) is 0 Å². The highest BCUT2D eigenvalue weighted by Crippen LogP contribution is 2.43. The first-order valence-electron chi connectivity index (χ1n) is 29.2. The number of phosphoric ester groups is 1. The van der Waals surface area contributed by atoms with E-state index in [1.165, 1.54) is 180 Å². The van der Waals surface area contributed by atoms with Gasteiger partial charge in [-0.1, -0.05) is 248 Å². The number of hydrogen-bond acceptors (Lipinski definition) is 5. The van der Waals surface area contributed by atoms with E-state index in [1.807, 2.05) is 27.2 Å². The lowest BCUT2D eigenvalue weighted by Gasteiger charge is -2.25. The summed E-state index contributed by atoms with van der Waals surface area (Å²) >= 11 is 0. The molecule has 3 unspecified atom stereocenters. The highest BCUT2D eigenvalue weighted by atomic mass is 31.2. The van der Waals surface area contributed by atoms with Crippen LogP contribution in [0.1, 0.15) is 264 Å². The molecule has 0 bridgehead atoms. The van der Waals surface area contributed by atoms with Crippen LogP contribution in [0.4, 0.5) is 0 Å². The molecule has 8 nitrogen and oxygen atoms in total. The van der Waals surface area contributed by atoms with Crippen LogP contribution in [-0.2, 0) is 18.4 Å². The average molecular weight is 991 g/mol. The molecule has 9 heteroatoms. The number of amides is 1. The Hall–Kier alpha value is -1.80. The van der Waals surface area contributed by atoms with Crippen LogP contribution in [0.3, 0.4) is 0 Å². The molecule has 404 valence electrons. The number of carbonyl (C=O) groups is 1. The molecule has 3 atom stereocenters. The zero-order chi connectivity index (χ0) is 50.6. The van der Waals surface area contributed by atoms with Gasteiger partial charge in [-0.25, -0.2) is 4.57 Å². The molecular weight excluding hydrogens is 876 g/mol. The summed E-state index contributed by atoms with van der Waals surface area (Å²) in [6, 6.07) is -0.874. The van der Waals surface area contributed by atoms with Crippen molar-refractivity contribution in [2.75, 3.05) is 40.9 Å². The first-order valence-corrected chi connectivity index (χ1v) is 30.7. The number of phosphoric acid groups is 1. The molecule has 0 aromatic rings. The number of aliphatic hydroxyl groups is 1. The van der Waals surface area contributed by atoms with E-state index in [0.717, 1.165) is 64.2 Å². The maximum absolute atomic E-state index is 13.0. The van der Waals surface area contributed by atoms with Gasteiger partial charge in [-0.2, -0.15) is 0 Å². The molecule has 0 heterocycles. The molecule has 3 N–H and O–H groups in total. The van der Waals surface area contributed by atoms with Crippen LogP contribution in [0.2, 0.25) is 0 Å². The minimum Gasteiger partial charge on any atom is -0.387 e. The van der Waals surface area contributed by atoms with Gasteiger partial charge in [0.2, 0.25) is 5.91 Å². The van der Waals surface area contributed by atoms with Crippen LogP contribution in [0.15, 0.2) is 60.8 Å². The SMILES string of the molecule is CCCCC/C=C\C/C=C\C/C=C\CCCCCCCCC(=O)NC(COP(=O)(O)OCC[N+](C)(C)C)C(O)/C=C/CC/C=C/CCCCCCCCCCCCCCCCCCCCCCCC. The van der Waals surface area contributed by atoms with Crippen molar-refractivity contribution in [2.45, 2.75) is 276 Å². The Balaban J connectivity index is 4.25. The molecule has 0 radical (unpaired) electrons. The standard InChI is InChI=1S/C60H113N2O6P/c1-6-8-10-12-14-16-18-20-22-24-26-27-28-29-30-31-32-33-34-36-37-39-41-43-45-47-49-51-53-59(63)58(57-68-69(65,66)67-56-55-62(3,4)5)61-60(64)54-52-50-48-46-44-42-40-38-35-25-23-21-19-17-15-13-11-9-7-2/h15,17,21,23,35,38,43,45,51,53,58-59,63H,6-14,16,18-20,22,24-34,36-37,39-42,44,46-50,52,54-57H2,1-5H3,(H-,61,64,65,66)/p+1/b17-15-,23-21-,38-35-,45-43+,53-51+. The number of likely N-dealkylation sites (N-methyl/N-ethyl adjacent to an activating group) is 1. The number of aliphatic hydroxyl groups excluding tert-OH is 1. The van der Waals surface area contributed by atoms with Crippen molar-refractivity contribution in [2.24, 2.45) is 0 Å². The molecule has 0 saturated carbocycles. The molecular formula is C60H114N2O6P+. The van der Waals surface area contributed by atoms with Gasteiger partial charge < -0.3 is 19.8 Å². The lowest BCUT2D eigenvalue weighted by molar-refractivity contribution is -0.870. The topological polar surface area (TPSA) is 105 Å². The number of rotatable bonds is 53. The predicted molar refractivity (Wildman–Crippen MR) is 300 cm³/mol. The van der Waals surface area contributed by atoms with Gasteiger partial charge in [-0.3, -0.25) is 13.8 Å². The Kier molecular flexibility index (Phi) is 49.8. The Morgan fingerprint density at radius 3 is 1.29 bits per heavy atom. The molecule has 0 aromatic heterocycles. The number of nitrogens with zero attached hydrogens (tertiary/aromatic N) is 1. The number of unbranched alkanes of at least 4 members (excludes halogenated alkanes) is 32. The lowest BCUT2D eigenvalue weighted by Crippen LogP contribution is -2.45. The van der Waals surface area contributed by atoms with Gasteiger partial charge in [-0.05, 0) is 70.6 Å². The average Bonchev–Trinajstić information content (AvgIpc) is 3.31. The maximum Gasteiger partial charge on any atom is 0.472 e. The van der Waals surface area contributed by atoms with Crippen molar-refractivity contribution in [3.05, 3.63) is 60.8 Å². The normalized spacial score (nSPS) is 14.4. The predicted octanol–water partition coefficient (Wildman–Crippen LogP) is 17.7. The molecule has 0 rings (SSSR count). The van der Waals surface area contributed by atoms with E-state index < -0.39 is 20.0 Å². The van der Waals surface area contributed by atoms with Crippen LogP contribution in [-0.4, -0.2) is 73.4 Å². The summed E-state index contributed by atoms with van der Waals surface area (Å²) in [6.07, 6.45) is 69.0. The molecule has 69 heavy (non-hydrogen) atoms. The van der Waals surface area contributed by atoms with E-state index in [-0.39, 0.29) is 19.1 Å². The minimum atomic E-state index is -4.36. The van der Waals surface area contributed by atoms with Crippen molar-refractivity contribution in [1.82, 2.24) is 5.32 Å². The van der Waals surface area contributed by atoms with Gasteiger partial charge >= 0.3 is 7.82 Å². The summed E-state index contributed by atoms with van der Waals surface area (Å²) < 4.78 is 23.7. The van der Waals surface area contributed by atoms with Gasteiger partial charge in [0.1, 0.15) is 13.2 Å². The molecule has 0 fully saturated rings. The zero-order valence-corrected chi connectivity index (χ0v) is 46.9. The second kappa shape index (κ2) is 51.1. The Labute approximate surface area is 428 Å². The van der Waals surface area contributed by atoms with E-state index in [9.17, 15) is 19.4 Å². The van der Waals surface area contributed by atoms with E-state index in [0.29, 0.717) is 17.4 Å². The number of carbonyl (C=O) groups excluding carboxylic acids is 1. The molecule has 0 aliphatic carbocycles. The molecule has 0 aliphatic heterocycles. The third-order valence-electron chi connectivity index (χ3n) is 13.0. The summed E-state index contributed by atoms with van der Waals surface area (Å²) in [5.41, 5.74) is 0.